The lowest BCUT2D eigenvalue weighted by atomic mass is 9.95. The van der Waals surface area contributed by atoms with Crippen molar-refractivity contribution in [2.24, 2.45) is 0 Å². The minimum atomic E-state index is -0.685. The molecule has 1 saturated heterocycles. The smallest absolute Gasteiger partial charge is 0.295 e. The van der Waals surface area contributed by atoms with Crippen LogP contribution in [-0.2, 0) is 16.0 Å². The molecule has 0 radical (unpaired) electrons. The third-order valence-corrected chi connectivity index (χ3v) is 6.32. The second-order valence-electron chi connectivity index (χ2n) is 8.02. The standard InChI is InChI=1S/C27H21ClN2O3/c28-20-12-10-18(11-13-20)25(31)23-24(17-6-2-1-3-7-17)30(27(33)26(23)32)15-14-19-16-29-22-9-5-4-8-21(19)22/h1-13,16,24,29,31H,14-15H2/t24-/m0/s1. The summed E-state index contributed by atoms with van der Waals surface area (Å²) in [5, 5.41) is 12.7. The number of aromatic nitrogens is 1. The van der Waals surface area contributed by atoms with Crippen LogP contribution in [0.1, 0.15) is 22.7 Å². The van der Waals surface area contributed by atoms with Crippen LogP contribution in [0.3, 0.4) is 0 Å². The molecule has 1 atom stereocenters. The Kier molecular flexibility index (Phi) is 5.48. The number of fused-ring (bicyclic) bond motifs is 1. The maximum absolute atomic E-state index is 13.1. The van der Waals surface area contributed by atoms with E-state index in [-0.39, 0.29) is 11.3 Å². The van der Waals surface area contributed by atoms with E-state index in [0.717, 1.165) is 22.0 Å². The number of likely N-dealkylation sites (tertiary alicyclic amines) is 1. The molecule has 5 rings (SSSR count). The lowest BCUT2D eigenvalue weighted by molar-refractivity contribution is -0.139. The molecule has 0 bridgehead atoms. The maximum Gasteiger partial charge on any atom is 0.295 e. The molecular weight excluding hydrogens is 436 g/mol. The molecule has 2 N–H and O–H groups in total. The molecule has 1 aliphatic heterocycles. The number of Topliss-reactive ketones (excluding diaryl/α,β-unsaturated/α-hetero) is 1. The van der Waals surface area contributed by atoms with Crippen LogP contribution in [0.25, 0.3) is 16.7 Å². The van der Waals surface area contributed by atoms with Gasteiger partial charge in [0.25, 0.3) is 11.7 Å². The van der Waals surface area contributed by atoms with Gasteiger partial charge in [-0.25, -0.2) is 0 Å². The van der Waals surface area contributed by atoms with Crippen LogP contribution in [-0.4, -0.2) is 33.2 Å². The number of aliphatic hydroxyl groups is 1. The van der Waals surface area contributed by atoms with Gasteiger partial charge >= 0.3 is 0 Å². The zero-order valence-electron chi connectivity index (χ0n) is 17.7. The first-order valence-corrected chi connectivity index (χ1v) is 11.1. The van der Waals surface area contributed by atoms with Gasteiger partial charge < -0.3 is 15.0 Å². The first kappa shape index (κ1) is 21.0. The topological polar surface area (TPSA) is 73.4 Å². The van der Waals surface area contributed by atoms with Crippen LogP contribution in [0.15, 0.2) is 90.6 Å². The summed E-state index contributed by atoms with van der Waals surface area (Å²) in [6.07, 6.45) is 2.51. The summed E-state index contributed by atoms with van der Waals surface area (Å²) in [6, 6.07) is 23.2. The molecule has 0 aliphatic carbocycles. The number of hydrogen-bond acceptors (Lipinski definition) is 3. The summed E-state index contributed by atoms with van der Waals surface area (Å²) in [5.41, 5.74) is 3.39. The van der Waals surface area contributed by atoms with Crippen molar-refractivity contribution >= 4 is 40.0 Å². The van der Waals surface area contributed by atoms with Crippen LogP contribution in [0.4, 0.5) is 0 Å². The number of benzene rings is 3. The van der Waals surface area contributed by atoms with Crippen LogP contribution < -0.4 is 0 Å². The number of aromatic amines is 1. The minimum Gasteiger partial charge on any atom is -0.507 e. The maximum atomic E-state index is 13.1. The lowest BCUT2D eigenvalue weighted by Gasteiger charge is -2.25. The highest BCUT2D eigenvalue weighted by molar-refractivity contribution is 6.46. The van der Waals surface area contributed by atoms with Gasteiger partial charge in [0.2, 0.25) is 0 Å². The summed E-state index contributed by atoms with van der Waals surface area (Å²) in [6.45, 7) is 0.337. The van der Waals surface area contributed by atoms with Crippen LogP contribution in [0.2, 0.25) is 5.02 Å². The number of hydrogen-bond donors (Lipinski definition) is 2. The number of nitrogens with one attached hydrogen (secondary N) is 1. The van der Waals surface area contributed by atoms with Gasteiger partial charge in [0.05, 0.1) is 11.6 Å². The van der Waals surface area contributed by atoms with Crippen molar-refractivity contribution in [1.29, 1.82) is 0 Å². The molecule has 1 fully saturated rings. The first-order chi connectivity index (χ1) is 16.0. The van der Waals surface area contributed by atoms with Crippen molar-refractivity contribution < 1.29 is 14.7 Å². The Labute approximate surface area is 195 Å². The number of amides is 1. The number of aliphatic hydroxyl groups excluding tert-OH is 1. The number of para-hydroxylation sites is 1. The van der Waals surface area contributed by atoms with E-state index in [0.29, 0.717) is 23.6 Å². The van der Waals surface area contributed by atoms with Crippen LogP contribution in [0, 0.1) is 0 Å². The first-order valence-electron chi connectivity index (χ1n) is 10.7. The van der Waals surface area contributed by atoms with Crippen molar-refractivity contribution in [2.45, 2.75) is 12.5 Å². The molecular formula is C27H21ClN2O3. The molecule has 1 aromatic heterocycles. The summed E-state index contributed by atoms with van der Waals surface area (Å²) >= 11 is 5.98. The van der Waals surface area contributed by atoms with Gasteiger partial charge in [0, 0.05) is 34.2 Å². The van der Waals surface area contributed by atoms with Gasteiger partial charge in [-0.15, -0.1) is 0 Å². The van der Waals surface area contributed by atoms with E-state index in [2.05, 4.69) is 4.98 Å². The minimum absolute atomic E-state index is 0.0902. The molecule has 2 heterocycles. The SMILES string of the molecule is O=C1C(=O)N(CCc2c[nH]c3ccccc23)[C@@H](c2ccccc2)C1=C(O)c1ccc(Cl)cc1. The summed E-state index contributed by atoms with van der Waals surface area (Å²) in [7, 11) is 0. The number of carbonyl (C=O) groups is 2. The average molecular weight is 457 g/mol. The third-order valence-electron chi connectivity index (χ3n) is 6.07. The molecule has 33 heavy (non-hydrogen) atoms. The molecule has 0 spiro atoms. The molecule has 5 nitrogen and oxygen atoms in total. The normalized spacial score (nSPS) is 17.7. The fourth-order valence-corrected chi connectivity index (χ4v) is 4.56. The molecule has 1 aliphatic rings. The Balaban J connectivity index is 1.55. The van der Waals surface area contributed by atoms with E-state index in [4.69, 9.17) is 11.6 Å². The lowest BCUT2D eigenvalue weighted by Crippen LogP contribution is -2.31. The van der Waals surface area contributed by atoms with E-state index in [9.17, 15) is 14.7 Å². The van der Waals surface area contributed by atoms with Crippen LogP contribution >= 0.6 is 11.6 Å². The van der Waals surface area contributed by atoms with Gasteiger partial charge in [-0.2, -0.15) is 0 Å². The van der Waals surface area contributed by atoms with Crippen molar-refractivity contribution in [3.05, 3.63) is 112 Å². The zero-order chi connectivity index (χ0) is 22.9. The Morgan fingerprint density at radius 2 is 1.64 bits per heavy atom. The molecule has 4 aromatic rings. The number of carbonyl (C=O) groups excluding carboxylic acids is 2. The third kappa shape index (κ3) is 3.81. The fourth-order valence-electron chi connectivity index (χ4n) is 4.44. The van der Waals surface area contributed by atoms with Crippen molar-refractivity contribution in [2.75, 3.05) is 6.54 Å². The number of rotatable bonds is 5. The van der Waals surface area contributed by atoms with E-state index in [1.807, 2.05) is 60.8 Å². The van der Waals surface area contributed by atoms with Crippen molar-refractivity contribution in [1.82, 2.24) is 9.88 Å². The number of H-pyrrole nitrogens is 1. The van der Waals surface area contributed by atoms with E-state index < -0.39 is 17.7 Å². The average Bonchev–Trinajstić information content (AvgIpc) is 3.37. The largest absolute Gasteiger partial charge is 0.507 e. The van der Waals surface area contributed by atoms with Crippen molar-refractivity contribution in [3.8, 4) is 0 Å². The zero-order valence-corrected chi connectivity index (χ0v) is 18.4. The van der Waals surface area contributed by atoms with E-state index in [1.165, 1.54) is 0 Å². The Bertz CT molecular complexity index is 1370. The fraction of sp³-hybridized carbons (Fsp3) is 0.111. The molecule has 0 unspecified atom stereocenters. The van der Waals surface area contributed by atoms with Gasteiger partial charge in [-0.1, -0.05) is 60.1 Å². The number of nitrogens with zero attached hydrogens (tertiary/aromatic N) is 1. The number of halogens is 1. The highest BCUT2D eigenvalue weighted by atomic mass is 35.5. The monoisotopic (exact) mass is 456 g/mol. The Morgan fingerprint density at radius 3 is 2.39 bits per heavy atom. The van der Waals surface area contributed by atoms with Crippen LogP contribution in [0.5, 0.6) is 0 Å². The Hall–Kier alpha value is -3.83. The van der Waals surface area contributed by atoms with Gasteiger partial charge in [0.15, 0.2) is 0 Å². The molecule has 6 heteroatoms. The second-order valence-corrected chi connectivity index (χ2v) is 8.46. The summed E-state index contributed by atoms with van der Waals surface area (Å²) < 4.78 is 0. The second kappa shape index (κ2) is 8.60. The van der Waals surface area contributed by atoms with E-state index >= 15 is 0 Å². The highest BCUT2D eigenvalue weighted by Crippen LogP contribution is 2.39. The summed E-state index contributed by atoms with van der Waals surface area (Å²) in [4.78, 5) is 31.0. The molecule has 164 valence electrons. The predicted octanol–water partition coefficient (Wildman–Crippen LogP) is 5.49. The van der Waals surface area contributed by atoms with Gasteiger partial charge in [0.1, 0.15) is 5.76 Å². The molecule has 1 amide bonds. The highest BCUT2D eigenvalue weighted by Gasteiger charge is 2.45. The molecule has 0 saturated carbocycles. The van der Waals surface area contributed by atoms with Gasteiger partial charge in [-0.05, 0) is 47.9 Å². The van der Waals surface area contributed by atoms with E-state index in [1.54, 1.807) is 29.2 Å². The Morgan fingerprint density at radius 1 is 0.939 bits per heavy atom. The van der Waals surface area contributed by atoms with Crippen molar-refractivity contribution in [3.63, 3.8) is 0 Å². The molecule has 3 aromatic carbocycles. The van der Waals surface area contributed by atoms with Gasteiger partial charge in [-0.3, -0.25) is 9.59 Å². The number of ketones is 1. The summed E-state index contributed by atoms with van der Waals surface area (Å²) in [5.74, 6) is -1.50. The quantitative estimate of drug-likeness (QED) is 0.237. The predicted molar refractivity (Wildman–Crippen MR) is 129 cm³/mol.